The summed E-state index contributed by atoms with van der Waals surface area (Å²) in [4.78, 5) is 10.6. The maximum Gasteiger partial charge on any atom is 0.261 e. The van der Waals surface area contributed by atoms with E-state index in [1.54, 1.807) is 12.1 Å². The van der Waals surface area contributed by atoms with E-state index in [-0.39, 0.29) is 0 Å². The second-order valence-corrected chi connectivity index (χ2v) is 4.78. The highest BCUT2D eigenvalue weighted by molar-refractivity contribution is 7.85. The van der Waals surface area contributed by atoms with Crippen LogP contribution in [0.4, 0.5) is 0 Å². The summed E-state index contributed by atoms with van der Waals surface area (Å²) in [6.07, 6.45) is 1.44. The van der Waals surface area contributed by atoms with Crippen LogP contribution in [0.5, 0.6) is 17.2 Å². The molecule has 1 aromatic carbocycles. The molecule has 0 heterocycles. The molecule has 0 saturated heterocycles. The van der Waals surface area contributed by atoms with Gasteiger partial charge >= 0.3 is 0 Å². The van der Waals surface area contributed by atoms with Gasteiger partial charge in [0.05, 0.1) is 27.6 Å². The van der Waals surface area contributed by atoms with Crippen LogP contribution in [-0.4, -0.2) is 46.8 Å². The minimum absolute atomic E-state index is 0.481. The largest absolute Gasteiger partial charge is 0.493 e. The Hall–Kier alpha value is -1.80. The summed E-state index contributed by atoms with van der Waals surface area (Å²) < 4.78 is 41.1. The van der Waals surface area contributed by atoms with E-state index in [9.17, 15) is 13.2 Å². The molecule has 0 atom stereocenters. The molecule has 1 aromatic rings. The van der Waals surface area contributed by atoms with Crippen molar-refractivity contribution in [3.8, 4) is 17.2 Å². The topological polar surface area (TPSA) is 99.1 Å². The molecule has 0 radical (unpaired) electrons. The standard InChI is InChI=1S/C10H12O4.CH4O3S/c1-12-8-4-7(6-11)5-9(13-2)10(8)14-3;1-5(2,3)4/h4-6H,1-3H3;1H3,(H,2,3,4). The number of benzene rings is 1. The van der Waals surface area contributed by atoms with Crippen molar-refractivity contribution in [3.63, 3.8) is 0 Å². The van der Waals surface area contributed by atoms with Crippen LogP contribution in [0, 0.1) is 0 Å². The number of ether oxygens (including phenoxy) is 3. The molecular weight excluding hydrogens is 276 g/mol. The number of carbonyl (C=O) groups excluding carboxylic acids is 1. The third kappa shape index (κ3) is 6.63. The lowest BCUT2D eigenvalue weighted by atomic mass is 10.2. The van der Waals surface area contributed by atoms with Crippen molar-refractivity contribution in [2.24, 2.45) is 0 Å². The molecule has 0 aliphatic rings. The second kappa shape index (κ2) is 7.59. The SMILES string of the molecule is COc1cc(C=O)cc(OC)c1OC.CS(=O)(=O)O. The fraction of sp³-hybridized carbons (Fsp3) is 0.364. The Morgan fingerprint density at radius 3 is 1.63 bits per heavy atom. The Morgan fingerprint density at radius 1 is 1.05 bits per heavy atom. The van der Waals surface area contributed by atoms with E-state index in [4.69, 9.17) is 18.8 Å². The Kier molecular flexibility index (Phi) is 6.87. The van der Waals surface area contributed by atoms with Gasteiger partial charge in [0.15, 0.2) is 11.5 Å². The van der Waals surface area contributed by atoms with Gasteiger partial charge in [-0.25, -0.2) is 0 Å². The molecule has 0 bridgehead atoms. The first-order valence-electron chi connectivity index (χ1n) is 4.94. The summed E-state index contributed by atoms with van der Waals surface area (Å²) in [6, 6.07) is 3.18. The molecule has 1 N–H and O–H groups in total. The van der Waals surface area contributed by atoms with Crippen LogP contribution in [0.1, 0.15) is 10.4 Å². The highest BCUT2D eigenvalue weighted by atomic mass is 32.2. The highest BCUT2D eigenvalue weighted by Crippen LogP contribution is 2.37. The first-order valence-corrected chi connectivity index (χ1v) is 6.79. The number of hydrogen-bond acceptors (Lipinski definition) is 6. The predicted octanol–water partition coefficient (Wildman–Crippen LogP) is 1.03. The number of rotatable bonds is 4. The predicted molar refractivity (Wildman–Crippen MR) is 69.0 cm³/mol. The molecule has 0 amide bonds. The Balaban J connectivity index is 0.000000555. The van der Waals surface area contributed by atoms with Gasteiger partial charge in [0.25, 0.3) is 10.1 Å². The van der Waals surface area contributed by atoms with Gasteiger partial charge in [-0.3, -0.25) is 9.35 Å². The van der Waals surface area contributed by atoms with Gasteiger partial charge in [-0.15, -0.1) is 0 Å². The summed E-state index contributed by atoms with van der Waals surface area (Å²) in [5.74, 6) is 1.45. The van der Waals surface area contributed by atoms with E-state index in [2.05, 4.69) is 0 Å². The molecule has 0 aliphatic heterocycles. The minimum Gasteiger partial charge on any atom is -0.493 e. The fourth-order valence-corrected chi connectivity index (χ4v) is 1.17. The minimum atomic E-state index is -3.67. The van der Waals surface area contributed by atoms with Gasteiger partial charge in [0, 0.05) is 5.56 Å². The zero-order chi connectivity index (χ0) is 15.1. The highest BCUT2D eigenvalue weighted by Gasteiger charge is 2.12. The maximum absolute atomic E-state index is 10.6. The summed E-state index contributed by atoms with van der Waals surface area (Å²) >= 11 is 0. The smallest absolute Gasteiger partial charge is 0.261 e. The van der Waals surface area contributed by atoms with Crippen LogP contribution >= 0.6 is 0 Å². The van der Waals surface area contributed by atoms with E-state index in [1.807, 2.05) is 0 Å². The molecular formula is C11H16O7S. The third-order valence-corrected chi connectivity index (χ3v) is 1.82. The van der Waals surface area contributed by atoms with Crippen molar-refractivity contribution in [3.05, 3.63) is 17.7 Å². The lowest BCUT2D eigenvalue weighted by Crippen LogP contribution is -1.96. The Labute approximate surface area is 111 Å². The summed E-state index contributed by atoms with van der Waals surface area (Å²) in [7, 11) is 0.860. The monoisotopic (exact) mass is 292 g/mol. The van der Waals surface area contributed by atoms with Crippen LogP contribution in [0.3, 0.4) is 0 Å². The number of methoxy groups -OCH3 is 3. The molecule has 1 rings (SSSR count). The van der Waals surface area contributed by atoms with Crippen LogP contribution in [0.2, 0.25) is 0 Å². The van der Waals surface area contributed by atoms with Crippen molar-refractivity contribution in [2.75, 3.05) is 27.6 Å². The first-order chi connectivity index (χ1) is 8.76. The second-order valence-electron chi connectivity index (χ2n) is 3.31. The normalized spacial score (nSPS) is 9.95. The van der Waals surface area contributed by atoms with Gasteiger partial charge < -0.3 is 14.2 Å². The molecule has 7 nitrogen and oxygen atoms in total. The first kappa shape index (κ1) is 17.2. The molecule has 0 unspecified atom stereocenters. The van der Waals surface area contributed by atoms with Gasteiger partial charge in [-0.05, 0) is 12.1 Å². The number of aldehydes is 1. The van der Waals surface area contributed by atoms with E-state index in [0.29, 0.717) is 29.1 Å². The van der Waals surface area contributed by atoms with Crippen molar-refractivity contribution in [2.45, 2.75) is 0 Å². The molecule has 0 saturated carbocycles. The van der Waals surface area contributed by atoms with Crippen molar-refractivity contribution in [1.82, 2.24) is 0 Å². The van der Waals surface area contributed by atoms with Crippen molar-refractivity contribution in [1.29, 1.82) is 0 Å². The Morgan fingerprint density at radius 2 is 1.42 bits per heavy atom. The average molecular weight is 292 g/mol. The van der Waals surface area contributed by atoms with Gasteiger partial charge in [-0.2, -0.15) is 8.42 Å². The van der Waals surface area contributed by atoms with E-state index in [1.165, 1.54) is 21.3 Å². The van der Waals surface area contributed by atoms with Gasteiger partial charge in [0.1, 0.15) is 6.29 Å². The number of hydrogen-bond donors (Lipinski definition) is 1. The average Bonchev–Trinajstić information content (AvgIpc) is 2.34. The van der Waals surface area contributed by atoms with E-state index < -0.39 is 10.1 Å². The summed E-state index contributed by atoms with van der Waals surface area (Å²) in [6.45, 7) is 0. The van der Waals surface area contributed by atoms with Gasteiger partial charge in [0.2, 0.25) is 5.75 Å². The van der Waals surface area contributed by atoms with E-state index in [0.717, 1.165) is 6.29 Å². The molecule has 0 spiro atoms. The third-order valence-electron chi connectivity index (χ3n) is 1.82. The molecule has 0 aromatic heterocycles. The summed E-state index contributed by atoms with van der Waals surface area (Å²) in [5.41, 5.74) is 0.486. The lowest BCUT2D eigenvalue weighted by molar-refractivity contribution is 0.112. The molecule has 0 aliphatic carbocycles. The van der Waals surface area contributed by atoms with E-state index >= 15 is 0 Å². The van der Waals surface area contributed by atoms with Gasteiger partial charge in [-0.1, -0.05) is 0 Å². The molecule has 108 valence electrons. The van der Waals surface area contributed by atoms with Crippen LogP contribution in [-0.2, 0) is 10.1 Å². The zero-order valence-corrected chi connectivity index (χ0v) is 11.9. The van der Waals surface area contributed by atoms with Crippen LogP contribution in [0.15, 0.2) is 12.1 Å². The Bertz CT molecular complexity index is 489. The summed E-state index contributed by atoms with van der Waals surface area (Å²) in [5, 5.41) is 0. The molecule has 0 fully saturated rings. The fourth-order valence-electron chi connectivity index (χ4n) is 1.17. The lowest BCUT2D eigenvalue weighted by Gasteiger charge is -2.11. The molecule has 19 heavy (non-hydrogen) atoms. The quantitative estimate of drug-likeness (QED) is 0.653. The van der Waals surface area contributed by atoms with Crippen molar-refractivity contribution < 1.29 is 32.0 Å². The maximum atomic E-state index is 10.6. The molecule has 8 heteroatoms. The van der Waals surface area contributed by atoms with Crippen LogP contribution in [0.25, 0.3) is 0 Å². The zero-order valence-electron chi connectivity index (χ0n) is 11.0. The van der Waals surface area contributed by atoms with Crippen LogP contribution < -0.4 is 14.2 Å². The number of carbonyl (C=O) groups is 1. The van der Waals surface area contributed by atoms with Crippen molar-refractivity contribution >= 4 is 16.4 Å².